The van der Waals surface area contributed by atoms with Gasteiger partial charge in [-0.1, -0.05) is 6.07 Å². The number of likely N-dealkylation sites (tertiary alicyclic amines) is 1. The molecule has 1 fully saturated rings. The molecule has 9 heteroatoms. The molecule has 1 saturated heterocycles. The molecule has 3 aromatic rings. The number of nitrogens with zero attached hydrogens (tertiary/aromatic N) is 1. The second-order valence-electron chi connectivity index (χ2n) is 8.59. The second-order valence-corrected chi connectivity index (χ2v) is 8.59. The zero-order valence-corrected chi connectivity index (χ0v) is 19.0. The molecule has 0 bridgehead atoms. The number of hydrogen-bond donors (Lipinski definition) is 2. The van der Waals surface area contributed by atoms with Gasteiger partial charge in [0.2, 0.25) is 0 Å². The molecular formula is C25H27F3N2O4. The van der Waals surface area contributed by atoms with Crippen LogP contribution in [0.2, 0.25) is 0 Å². The van der Waals surface area contributed by atoms with Crippen molar-refractivity contribution in [3.05, 3.63) is 47.5 Å². The number of halogens is 3. The lowest BCUT2D eigenvalue weighted by atomic mass is 9.88. The van der Waals surface area contributed by atoms with E-state index in [4.69, 9.17) is 14.6 Å². The number of carboxylic acid groups (broad SMARTS) is 1. The van der Waals surface area contributed by atoms with Gasteiger partial charge in [-0.3, -0.25) is 9.69 Å². The maximum absolute atomic E-state index is 13.6. The third-order valence-electron chi connectivity index (χ3n) is 6.40. The number of hydrogen-bond acceptors (Lipinski definition) is 4. The number of methoxy groups -OCH3 is 2. The van der Waals surface area contributed by atoms with E-state index in [1.807, 2.05) is 23.1 Å². The Kier molecular flexibility index (Phi) is 6.74. The van der Waals surface area contributed by atoms with Gasteiger partial charge in [0.25, 0.3) is 0 Å². The number of aromatic nitrogens is 1. The van der Waals surface area contributed by atoms with Crippen LogP contribution in [0.3, 0.4) is 0 Å². The van der Waals surface area contributed by atoms with Crippen molar-refractivity contribution in [3.63, 3.8) is 0 Å². The van der Waals surface area contributed by atoms with Crippen LogP contribution in [-0.4, -0.2) is 61.0 Å². The first-order valence-corrected chi connectivity index (χ1v) is 11.1. The Balaban J connectivity index is 1.72. The van der Waals surface area contributed by atoms with Crippen LogP contribution in [0.15, 0.2) is 36.4 Å². The van der Waals surface area contributed by atoms with Gasteiger partial charge in [-0.25, -0.2) is 0 Å². The molecule has 1 aliphatic rings. The summed E-state index contributed by atoms with van der Waals surface area (Å²) in [6.07, 6.45) is -3.91. The van der Waals surface area contributed by atoms with Crippen LogP contribution in [0, 0.1) is 0 Å². The number of aromatic amines is 1. The first-order valence-electron chi connectivity index (χ1n) is 11.1. The summed E-state index contributed by atoms with van der Waals surface area (Å²) in [4.78, 5) is 16.0. The van der Waals surface area contributed by atoms with E-state index in [0.29, 0.717) is 46.7 Å². The summed E-state index contributed by atoms with van der Waals surface area (Å²) in [5.41, 5.74) is 2.79. The molecule has 0 unspecified atom stereocenters. The highest BCUT2D eigenvalue weighted by molar-refractivity contribution is 5.91. The first-order chi connectivity index (χ1) is 16.2. The Hall–Kier alpha value is -3.20. The molecule has 6 nitrogen and oxygen atoms in total. The molecule has 0 amide bonds. The van der Waals surface area contributed by atoms with Crippen LogP contribution in [-0.2, 0) is 11.2 Å². The lowest BCUT2D eigenvalue weighted by Gasteiger charge is -2.31. The topological polar surface area (TPSA) is 74.8 Å². The molecule has 0 radical (unpaired) electrons. The van der Waals surface area contributed by atoms with Crippen LogP contribution in [0.25, 0.3) is 22.2 Å². The van der Waals surface area contributed by atoms with Crippen molar-refractivity contribution in [2.75, 3.05) is 33.9 Å². The molecule has 34 heavy (non-hydrogen) atoms. The van der Waals surface area contributed by atoms with Gasteiger partial charge in [0.1, 0.15) is 0 Å². The molecule has 182 valence electrons. The van der Waals surface area contributed by atoms with E-state index in [-0.39, 0.29) is 18.0 Å². The highest BCUT2D eigenvalue weighted by Gasteiger charge is 2.32. The van der Waals surface area contributed by atoms with Crippen molar-refractivity contribution in [2.24, 2.45) is 0 Å². The maximum atomic E-state index is 13.6. The Morgan fingerprint density at radius 3 is 2.41 bits per heavy atom. The second kappa shape index (κ2) is 9.58. The minimum absolute atomic E-state index is 0.00792. The number of rotatable bonds is 7. The van der Waals surface area contributed by atoms with Crippen molar-refractivity contribution >= 4 is 16.9 Å². The summed E-state index contributed by atoms with van der Waals surface area (Å²) >= 11 is 0. The van der Waals surface area contributed by atoms with Crippen LogP contribution in [0.1, 0.15) is 29.9 Å². The van der Waals surface area contributed by atoms with Crippen molar-refractivity contribution in [3.8, 4) is 22.8 Å². The van der Waals surface area contributed by atoms with Crippen LogP contribution >= 0.6 is 0 Å². The van der Waals surface area contributed by atoms with Gasteiger partial charge in [0.05, 0.1) is 32.9 Å². The molecule has 2 N–H and O–H groups in total. The molecule has 0 aliphatic carbocycles. The summed E-state index contributed by atoms with van der Waals surface area (Å²) in [6, 6.07) is 10.7. The molecule has 0 saturated carbocycles. The predicted octanol–water partition coefficient (Wildman–Crippen LogP) is 5.22. The zero-order valence-electron chi connectivity index (χ0n) is 19.0. The summed E-state index contributed by atoms with van der Waals surface area (Å²) in [5.74, 6) is 0.251. The SMILES string of the molecule is COc1ccc(-c2[nH]c3ccc(C4CCN(CC(=O)O)CC4)cc3c2CC(F)(F)F)cc1OC. The van der Waals surface area contributed by atoms with Crippen LogP contribution in [0.5, 0.6) is 11.5 Å². The monoisotopic (exact) mass is 476 g/mol. The molecule has 0 spiro atoms. The Bertz CT molecular complexity index is 1180. The smallest absolute Gasteiger partial charge is 0.393 e. The number of carboxylic acids is 1. The molecule has 0 atom stereocenters. The minimum Gasteiger partial charge on any atom is -0.493 e. The fraction of sp³-hybridized carbons (Fsp3) is 0.400. The normalized spacial score (nSPS) is 15.6. The van der Waals surface area contributed by atoms with Crippen molar-refractivity contribution < 1.29 is 32.5 Å². The number of piperidine rings is 1. The Labute approximate surface area is 195 Å². The van der Waals surface area contributed by atoms with Gasteiger partial charge >= 0.3 is 12.1 Å². The van der Waals surface area contributed by atoms with Crippen LogP contribution in [0.4, 0.5) is 13.2 Å². The Morgan fingerprint density at radius 1 is 1.09 bits per heavy atom. The van der Waals surface area contributed by atoms with Gasteiger partial charge in [-0.2, -0.15) is 13.2 Å². The quantitative estimate of drug-likeness (QED) is 0.489. The van der Waals surface area contributed by atoms with Gasteiger partial charge in [-0.15, -0.1) is 0 Å². The predicted molar refractivity (Wildman–Crippen MR) is 123 cm³/mol. The zero-order chi connectivity index (χ0) is 24.5. The summed E-state index contributed by atoms with van der Waals surface area (Å²) < 4.78 is 51.4. The van der Waals surface area contributed by atoms with E-state index in [1.54, 1.807) is 18.2 Å². The van der Waals surface area contributed by atoms with Crippen molar-refractivity contribution in [1.82, 2.24) is 9.88 Å². The standard InChI is InChI=1S/C25H27F3N2O4/c1-33-21-6-4-17(12-22(21)34-2)24-19(13-25(26,27)28)18-11-16(3-5-20(18)29-24)15-7-9-30(10-8-15)14-23(31)32/h3-6,11-12,15,29H,7-10,13-14H2,1-2H3,(H,31,32). The number of benzene rings is 2. The number of fused-ring (bicyclic) bond motifs is 1. The van der Waals surface area contributed by atoms with Crippen LogP contribution < -0.4 is 9.47 Å². The van der Waals surface area contributed by atoms with Gasteiger partial charge in [-0.05, 0) is 73.3 Å². The summed E-state index contributed by atoms with van der Waals surface area (Å²) in [7, 11) is 2.99. The number of aliphatic carboxylic acids is 1. The molecule has 1 aliphatic heterocycles. The molecule has 4 rings (SSSR count). The number of H-pyrrole nitrogens is 1. The van der Waals surface area contributed by atoms with Gasteiger partial charge in [0, 0.05) is 16.5 Å². The van der Waals surface area contributed by atoms with Gasteiger partial charge in [0.15, 0.2) is 11.5 Å². The fourth-order valence-corrected chi connectivity index (χ4v) is 4.76. The average molecular weight is 476 g/mol. The fourth-order valence-electron chi connectivity index (χ4n) is 4.76. The van der Waals surface area contributed by atoms with Crippen molar-refractivity contribution in [2.45, 2.75) is 31.4 Å². The van der Waals surface area contributed by atoms with Crippen molar-refractivity contribution in [1.29, 1.82) is 0 Å². The lowest BCUT2D eigenvalue weighted by Crippen LogP contribution is -2.36. The van der Waals surface area contributed by atoms with E-state index in [0.717, 1.165) is 18.4 Å². The maximum Gasteiger partial charge on any atom is 0.393 e. The average Bonchev–Trinajstić information content (AvgIpc) is 3.14. The minimum atomic E-state index is -4.38. The van der Waals surface area contributed by atoms with E-state index in [2.05, 4.69) is 4.98 Å². The number of ether oxygens (including phenoxy) is 2. The summed E-state index contributed by atoms with van der Waals surface area (Å²) in [5, 5.41) is 9.55. The third kappa shape index (κ3) is 5.14. The third-order valence-corrected chi connectivity index (χ3v) is 6.40. The molecule has 2 aromatic carbocycles. The number of nitrogens with one attached hydrogen (secondary N) is 1. The summed E-state index contributed by atoms with van der Waals surface area (Å²) in [6.45, 7) is 1.30. The largest absolute Gasteiger partial charge is 0.493 e. The molecule has 1 aromatic heterocycles. The highest BCUT2D eigenvalue weighted by Crippen LogP contribution is 2.40. The van der Waals surface area contributed by atoms with E-state index < -0.39 is 18.6 Å². The highest BCUT2D eigenvalue weighted by atomic mass is 19.4. The lowest BCUT2D eigenvalue weighted by molar-refractivity contribution is -0.138. The number of alkyl halides is 3. The van der Waals surface area contributed by atoms with Gasteiger partial charge < -0.3 is 19.6 Å². The first kappa shape index (κ1) is 23.9. The molecular weight excluding hydrogens is 449 g/mol. The van der Waals surface area contributed by atoms with E-state index >= 15 is 0 Å². The van der Waals surface area contributed by atoms with E-state index in [9.17, 15) is 18.0 Å². The van der Waals surface area contributed by atoms with E-state index in [1.165, 1.54) is 14.2 Å². The Morgan fingerprint density at radius 2 is 1.79 bits per heavy atom. The number of carbonyl (C=O) groups is 1. The molecule has 2 heterocycles.